The Labute approximate surface area is 209 Å². The first kappa shape index (κ1) is 24.2. The Balaban J connectivity index is 1.31. The number of aryl methyl sites for hydroxylation is 1. The number of ether oxygens (including phenoxy) is 2. The molecule has 1 saturated carbocycles. The molecule has 2 saturated heterocycles. The summed E-state index contributed by atoms with van der Waals surface area (Å²) in [4.78, 5) is 10.9. The normalized spacial score (nSPS) is 30.2. The maximum absolute atomic E-state index is 9.55. The van der Waals surface area contributed by atoms with Crippen LogP contribution in [0.15, 0.2) is 24.5 Å². The van der Waals surface area contributed by atoms with Crippen molar-refractivity contribution in [3.05, 3.63) is 51.4 Å². The number of methoxy groups -OCH3 is 1. The Bertz CT molecular complexity index is 1020. The molecule has 3 aliphatic rings. The maximum atomic E-state index is 9.55. The third-order valence-electron chi connectivity index (χ3n) is 7.36. The number of pyridine rings is 2. The smallest absolute Gasteiger partial charge is 0.128 e. The highest BCUT2D eigenvalue weighted by Crippen LogP contribution is 2.42. The van der Waals surface area contributed by atoms with Crippen LogP contribution in [-0.2, 0) is 9.47 Å². The fraction of sp³-hybridized carbons (Fsp3) is 0.583. The number of β-amino-alcohol motifs (C(OH)–C–C–N with tert-alkyl or cyclic N) is 1. The molecule has 184 valence electrons. The zero-order chi connectivity index (χ0) is 24.0. The van der Waals surface area contributed by atoms with Crippen molar-refractivity contribution in [1.82, 2.24) is 20.8 Å². The molecule has 1 aliphatic carbocycles. The lowest BCUT2D eigenvalue weighted by Gasteiger charge is -2.39. The van der Waals surface area contributed by atoms with Crippen LogP contribution >= 0.6 is 23.2 Å². The lowest BCUT2D eigenvalue weighted by atomic mass is 9.77. The monoisotopic (exact) mass is 507 g/mol. The zero-order valence-corrected chi connectivity index (χ0v) is 21.1. The van der Waals surface area contributed by atoms with Crippen LogP contribution < -0.4 is 15.8 Å². The predicted molar refractivity (Wildman–Crippen MR) is 131 cm³/mol. The van der Waals surface area contributed by atoms with Crippen LogP contribution in [-0.4, -0.2) is 59.6 Å². The topological polar surface area (TPSA) is 91.8 Å². The van der Waals surface area contributed by atoms with Gasteiger partial charge in [0, 0.05) is 44.2 Å². The predicted octanol–water partition coefficient (Wildman–Crippen LogP) is 3.36. The standard InChI is InChI=1S/C24H31Cl2N5O3/c1-12-23(26)22(17(25)9-27-12)13(2)34-20-6-16-18(7-19(20)33-3)29-30-24(16)14-4-5-21(28-8-14)31-10-15(32)11-31/h4-5,8-9,13,15-16,18-20,24,29-30,32H,6-7,10-11H2,1-3H3/t13-,16?,18?,19?,20?,24?/m1/s1. The van der Waals surface area contributed by atoms with Gasteiger partial charge in [-0.05, 0) is 44.2 Å². The number of rotatable bonds is 6. The van der Waals surface area contributed by atoms with Crippen molar-refractivity contribution >= 4 is 29.0 Å². The van der Waals surface area contributed by atoms with Gasteiger partial charge in [0.2, 0.25) is 0 Å². The van der Waals surface area contributed by atoms with Gasteiger partial charge in [-0.3, -0.25) is 10.4 Å². The van der Waals surface area contributed by atoms with Gasteiger partial charge in [-0.25, -0.2) is 10.4 Å². The molecule has 0 spiro atoms. The molecule has 0 radical (unpaired) electrons. The van der Waals surface area contributed by atoms with Crippen LogP contribution in [0.4, 0.5) is 5.82 Å². The number of aromatic nitrogens is 2. The van der Waals surface area contributed by atoms with Crippen LogP contribution in [0.5, 0.6) is 0 Å². The molecule has 5 unspecified atom stereocenters. The molecule has 3 N–H and O–H groups in total. The summed E-state index contributed by atoms with van der Waals surface area (Å²) in [6.45, 7) is 5.12. The number of halogens is 2. The Hall–Kier alpha value is -1.52. The number of aliphatic hydroxyl groups is 1. The largest absolute Gasteiger partial charge is 0.389 e. The van der Waals surface area contributed by atoms with Crippen molar-refractivity contribution in [2.75, 3.05) is 25.1 Å². The van der Waals surface area contributed by atoms with Gasteiger partial charge in [-0.2, -0.15) is 0 Å². The van der Waals surface area contributed by atoms with Gasteiger partial charge >= 0.3 is 0 Å². The second-order valence-corrected chi connectivity index (χ2v) is 10.3. The summed E-state index contributed by atoms with van der Waals surface area (Å²) in [5.74, 6) is 1.21. The molecule has 6 atom stereocenters. The number of nitrogens with zero attached hydrogens (tertiary/aromatic N) is 3. The van der Waals surface area contributed by atoms with E-state index in [2.05, 4.69) is 31.8 Å². The summed E-state index contributed by atoms with van der Waals surface area (Å²) in [5.41, 5.74) is 9.56. The van der Waals surface area contributed by atoms with Crippen molar-refractivity contribution in [3.8, 4) is 0 Å². The van der Waals surface area contributed by atoms with Crippen molar-refractivity contribution in [2.45, 2.75) is 63.2 Å². The van der Waals surface area contributed by atoms with E-state index in [4.69, 9.17) is 32.7 Å². The minimum atomic E-state index is -0.297. The average molecular weight is 508 g/mol. The SMILES string of the molecule is COC1CC2NNC(c3ccc(N4CC(O)C4)nc3)C2CC1O[C@H](C)c1c(Cl)cnc(C)c1Cl. The van der Waals surface area contributed by atoms with Crippen LogP contribution in [0.25, 0.3) is 0 Å². The van der Waals surface area contributed by atoms with Crippen LogP contribution in [0.1, 0.15) is 48.7 Å². The third-order valence-corrected chi connectivity index (χ3v) is 8.14. The van der Waals surface area contributed by atoms with Crippen molar-refractivity contribution < 1.29 is 14.6 Å². The molecule has 0 bridgehead atoms. The molecule has 2 aliphatic heterocycles. The first-order chi connectivity index (χ1) is 16.4. The number of fused-ring (bicyclic) bond motifs is 1. The van der Waals surface area contributed by atoms with Gasteiger partial charge < -0.3 is 19.5 Å². The molecular weight excluding hydrogens is 477 g/mol. The highest BCUT2D eigenvalue weighted by atomic mass is 35.5. The second-order valence-electron chi connectivity index (χ2n) is 9.53. The van der Waals surface area contributed by atoms with E-state index in [1.54, 1.807) is 13.3 Å². The Morgan fingerprint density at radius 2 is 1.91 bits per heavy atom. The molecule has 0 amide bonds. The summed E-state index contributed by atoms with van der Waals surface area (Å²) < 4.78 is 12.4. The highest BCUT2D eigenvalue weighted by Gasteiger charge is 2.46. The Morgan fingerprint density at radius 3 is 2.59 bits per heavy atom. The van der Waals surface area contributed by atoms with Crippen LogP contribution in [0, 0.1) is 12.8 Å². The summed E-state index contributed by atoms with van der Waals surface area (Å²) in [6.07, 6.45) is 4.50. The molecule has 34 heavy (non-hydrogen) atoms. The lowest BCUT2D eigenvalue weighted by molar-refractivity contribution is -0.117. The van der Waals surface area contributed by atoms with Crippen LogP contribution in [0.3, 0.4) is 0 Å². The highest BCUT2D eigenvalue weighted by molar-refractivity contribution is 6.36. The first-order valence-corrected chi connectivity index (χ1v) is 12.5. The second kappa shape index (κ2) is 9.85. The van der Waals surface area contributed by atoms with E-state index >= 15 is 0 Å². The fourth-order valence-electron chi connectivity index (χ4n) is 5.41. The van der Waals surface area contributed by atoms with E-state index in [1.165, 1.54) is 0 Å². The summed E-state index contributed by atoms with van der Waals surface area (Å²) in [5, 5.41) is 10.6. The number of aliphatic hydroxyl groups excluding tert-OH is 1. The molecular formula is C24H31Cl2N5O3. The van der Waals surface area contributed by atoms with E-state index in [0.717, 1.165) is 35.5 Å². The minimum absolute atomic E-state index is 0.0458. The molecule has 4 heterocycles. The van der Waals surface area contributed by atoms with E-state index in [9.17, 15) is 5.11 Å². The van der Waals surface area contributed by atoms with Crippen molar-refractivity contribution in [3.63, 3.8) is 0 Å². The summed E-state index contributed by atoms with van der Waals surface area (Å²) in [6, 6.07) is 4.53. The molecule has 5 rings (SSSR count). The van der Waals surface area contributed by atoms with Gasteiger partial charge in [0.15, 0.2) is 0 Å². The number of nitrogens with one attached hydrogen (secondary N) is 2. The average Bonchev–Trinajstić information content (AvgIpc) is 3.22. The molecule has 8 nitrogen and oxygen atoms in total. The fourth-order valence-corrected chi connectivity index (χ4v) is 6.06. The van der Waals surface area contributed by atoms with Gasteiger partial charge in [0.1, 0.15) is 5.82 Å². The van der Waals surface area contributed by atoms with Crippen LogP contribution in [0.2, 0.25) is 10.0 Å². The van der Waals surface area contributed by atoms with Gasteiger partial charge in [0.25, 0.3) is 0 Å². The molecule has 2 aromatic rings. The molecule has 10 heteroatoms. The minimum Gasteiger partial charge on any atom is -0.389 e. The van der Waals surface area contributed by atoms with Crippen molar-refractivity contribution in [1.29, 1.82) is 0 Å². The van der Waals surface area contributed by atoms with Crippen molar-refractivity contribution in [2.24, 2.45) is 5.92 Å². The summed E-state index contributed by atoms with van der Waals surface area (Å²) >= 11 is 13.0. The van der Waals surface area contributed by atoms with E-state index in [0.29, 0.717) is 29.1 Å². The number of hydrazine groups is 1. The number of anilines is 1. The molecule has 2 aromatic heterocycles. The third kappa shape index (κ3) is 4.53. The number of hydrogen-bond acceptors (Lipinski definition) is 8. The summed E-state index contributed by atoms with van der Waals surface area (Å²) in [7, 11) is 1.73. The lowest BCUT2D eigenvalue weighted by Crippen LogP contribution is -2.51. The quantitative estimate of drug-likeness (QED) is 0.548. The molecule has 3 fully saturated rings. The van der Waals surface area contributed by atoms with E-state index in [1.807, 2.05) is 26.1 Å². The van der Waals surface area contributed by atoms with Gasteiger partial charge in [-0.1, -0.05) is 29.3 Å². The van der Waals surface area contributed by atoms with Gasteiger partial charge in [0.05, 0.1) is 46.2 Å². The zero-order valence-electron chi connectivity index (χ0n) is 19.5. The maximum Gasteiger partial charge on any atom is 0.128 e. The van der Waals surface area contributed by atoms with Gasteiger partial charge in [-0.15, -0.1) is 0 Å². The Morgan fingerprint density at radius 1 is 1.12 bits per heavy atom. The Kier molecular flexibility index (Phi) is 7.01. The number of hydrogen-bond donors (Lipinski definition) is 3. The molecule has 0 aromatic carbocycles. The van der Waals surface area contributed by atoms with E-state index in [-0.39, 0.29) is 36.5 Å². The first-order valence-electron chi connectivity index (χ1n) is 11.7. The van der Waals surface area contributed by atoms with E-state index < -0.39 is 0 Å².